The number of rotatable bonds is 7. The van der Waals surface area contributed by atoms with E-state index >= 15 is 0 Å². The summed E-state index contributed by atoms with van der Waals surface area (Å²) in [6.07, 6.45) is 2.25. The van der Waals surface area contributed by atoms with Gasteiger partial charge in [-0.1, -0.05) is 25.4 Å². The number of hydrogen-bond donors (Lipinski definition) is 2. The minimum Gasteiger partial charge on any atom is -0.481 e. The van der Waals surface area contributed by atoms with Crippen LogP contribution in [0.15, 0.2) is 18.3 Å². The molecule has 0 fully saturated rings. The molecule has 110 valence electrons. The van der Waals surface area contributed by atoms with Crippen molar-refractivity contribution in [1.82, 2.24) is 10.3 Å². The maximum Gasteiger partial charge on any atom is 0.303 e. The molecule has 1 amide bonds. The zero-order valence-corrected chi connectivity index (χ0v) is 12.4. The van der Waals surface area contributed by atoms with Crippen LogP contribution in [0.25, 0.3) is 0 Å². The summed E-state index contributed by atoms with van der Waals surface area (Å²) in [5.74, 6) is -0.909. The van der Waals surface area contributed by atoms with Crippen molar-refractivity contribution in [2.24, 2.45) is 11.8 Å². The van der Waals surface area contributed by atoms with Gasteiger partial charge in [0.15, 0.2) is 0 Å². The topological polar surface area (TPSA) is 79.3 Å². The predicted octanol–water partition coefficient (Wildman–Crippen LogP) is 2.60. The third kappa shape index (κ3) is 6.02. The van der Waals surface area contributed by atoms with E-state index in [1.165, 1.54) is 12.3 Å². The lowest BCUT2D eigenvalue weighted by molar-refractivity contribution is -0.138. The first-order chi connectivity index (χ1) is 9.38. The molecule has 5 nitrogen and oxygen atoms in total. The average Bonchev–Trinajstić information content (AvgIpc) is 2.34. The Morgan fingerprint density at radius 1 is 1.45 bits per heavy atom. The van der Waals surface area contributed by atoms with Crippen LogP contribution in [0.2, 0.25) is 5.02 Å². The van der Waals surface area contributed by atoms with Crippen LogP contribution >= 0.6 is 11.6 Å². The second kappa shape index (κ2) is 7.85. The van der Waals surface area contributed by atoms with Crippen LogP contribution in [-0.2, 0) is 4.79 Å². The molecule has 0 aliphatic rings. The summed E-state index contributed by atoms with van der Waals surface area (Å²) in [6, 6.07) is 3.07. The molecule has 1 aromatic rings. The molecule has 1 atom stereocenters. The molecule has 1 heterocycles. The van der Waals surface area contributed by atoms with Crippen LogP contribution in [0.5, 0.6) is 0 Å². The average molecular weight is 299 g/mol. The summed E-state index contributed by atoms with van der Waals surface area (Å²) in [5.41, 5.74) is 0.233. The fraction of sp³-hybridized carbons (Fsp3) is 0.500. The first kappa shape index (κ1) is 16.4. The molecule has 0 aliphatic heterocycles. The van der Waals surface area contributed by atoms with Gasteiger partial charge in [-0.25, -0.2) is 0 Å². The largest absolute Gasteiger partial charge is 0.481 e. The molecule has 0 aliphatic carbocycles. The van der Waals surface area contributed by atoms with Gasteiger partial charge in [-0.05, 0) is 30.4 Å². The standard InChI is InChI=1S/C14H19ClN2O3/c1-9(2)5-10(6-13(18)19)8-17-14(20)12-7-11(15)3-4-16-12/h3-4,7,9-10H,5-6,8H2,1-2H3,(H,17,20)(H,18,19). The van der Waals surface area contributed by atoms with Crippen molar-refractivity contribution < 1.29 is 14.7 Å². The van der Waals surface area contributed by atoms with Gasteiger partial charge < -0.3 is 10.4 Å². The maximum atomic E-state index is 11.9. The molecule has 0 bridgehead atoms. The smallest absolute Gasteiger partial charge is 0.303 e. The zero-order chi connectivity index (χ0) is 15.1. The van der Waals surface area contributed by atoms with Crippen molar-refractivity contribution in [3.05, 3.63) is 29.0 Å². The van der Waals surface area contributed by atoms with Crippen LogP contribution in [-0.4, -0.2) is 28.5 Å². The molecule has 0 saturated heterocycles. The number of nitrogens with one attached hydrogen (secondary N) is 1. The van der Waals surface area contributed by atoms with Gasteiger partial charge in [0, 0.05) is 24.2 Å². The second-order valence-corrected chi connectivity index (χ2v) is 5.60. The van der Waals surface area contributed by atoms with Crippen LogP contribution in [0.4, 0.5) is 0 Å². The molecule has 0 radical (unpaired) electrons. The van der Waals surface area contributed by atoms with Gasteiger partial charge >= 0.3 is 5.97 Å². The van der Waals surface area contributed by atoms with E-state index in [-0.39, 0.29) is 23.9 Å². The van der Waals surface area contributed by atoms with E-state index in [1.54, 1.807) is 6.07 Å². The normalized spacial score (nSPS) is 12.2. The Balaban J connectivity index is 2.57. The fourth-order valence-corrected chi connectivity index (χ4v) is 2.17. The SMILES string of the molecule is CC(C)CC(CNC(=O)c1cc(Cl)ccn1)CC(=O)O. The summed E-state index contributed by atoms with van der Waals surface area (Å²) in [5, 5.41) is 12.0. The molecule has 20 heavy (non-hydrogen) atoms. The molecule has 6 heteroatoms. The quantitative estimate of drug-likeness (QED) is 0.811. The summed E-state index contributed by atoms with van der Waals surface area (Å²) < 4.78 is 0. The molecule has 0 spiro atoms. The highest BCUT2D eigenvalue weighted by molar-refractivity contribution is 6.30. The highest BCUT2D eigenvalue weighted by Gasteiger charge is 2.17. The van der Waals surface area contributed by atoms with Crippen molar-refractivity contribution >= 4 is 23.5 Å². The Labute approximate surface area is 123 Å². The molecule has 1 unspecified atom stereocenters. The summed E-state index contributed by atoms with van der Waals surface area (Å²) >= 11 is 5.79. The molecular formula is C14H19ClN2O3. The van der Waals surface area contributed by atoms with Crippen LogP contribution in [0, 0.1) is 11.8 Å². The van der Waals surface area contributed by atoms with E-state index in [0.717, 1.165) is 6.42 Å². The zero-order valence-electron chi connectivity index (χ0n) is 11.6. The molecule has 0 saturated carbocycles. The Hall–Kier alpha value is -1.62. The molecule has 1 aromatic heterocycles. The van der Waals surface area contributed by atoms with E-state index in [0.29, 0.717) is 17.5 Å². The number of carbonyl (C=O) groups excluding carboxylic acids is 1. The van der Waals surface area contributed by atoms with Gasteiger partial charge in [-0.3, -0.25) is 14.6 Å². The number of hydrogen-bond acceptors (Lipinski definition) is 3. The Morgan fingerprint density at radius 2 is 2.15 bits per heavy atom. The molecule has 1 rings (SSSR count). The highest BCUT2D eigenvalue weighted by atomic mass is 35.5. The first-order valence-electron chi connectivity index (χ1n) is 6.50. The molecule has 2 N–H and O–H groups in total. The number of carbonyl (C=O) groups is 2. The first-order valence-corrected chi connectivity index (χ1v) is 6.87. The lowest BCUT2D eigenvalue weighted by Crippen LogP contribution is -2.31. The van der Waals surface area contributed by atoms with Gasteiger partial charge in [0.2, 0.25) is 0 Å². The number of carboxylic acid groups (broad SMARTS) is 1. The van der Waals surface area contributed by atoms with Crippen molar-refractivity contribution in [2.45, 2.75) is 26.7 Å². The van der Waals surface area contributed by atoms with Crippen molar-refractivity contribution in [2.75, 3.05) is 6.54 Å². The third-order valence-electron chi connectivity index (χ3n) is 2.77. The van der Waals surface area contributed by atoms with Crippen LogP contribution in [0.3, 0.4) is 0 Å². The predicted molar refractivity (Wildman–Crippen MR) is 76.8 cm³/mol. The Bertz CT molecular complexity index is 477. The summed E-state index contributed by atoms with van der Waals surface area (Å²) in [7, 11) is 0. The lowest BCUT2D eigenvalue weighted by atomic mass is 9.94. The van der Waals surface area contributed by atoms with Crippen LogP contribution < -0.4 is 5.32 Å². The number of aromatic nitrogens is 1. The molecular weight excluding hydrogens is 280 g/mol. The van der Waals surface area contributed by atoms with Gasteiger partial charge in [0.25, 0.3) is 5.91 Å². The van der Waals surface area contributed by atoms with Gasteiger partial charge in [-0.15, -0.1) is 0 Å². The number of carboxylic acids is 1. The maximum absolute atomic E-state index is 11.9. The monoisotopic (exact) mass is 298 g/mol. The number of aliphatic carboxylic acids is 1. The third-order valence-corrected chi connectivity index (χ3v) is 3.01. The summed E-state index contributed by atoms with van der Waals surface area (Å²) in [6.45, 7) is 4.36. The van der Waals surface area contributed by atoms with Gasteiger partial charge in [0.1, 0.15) is 5.69 Å². The van der Waals surface area contributed by atoms with Crippen molar-refractivity contribution in [1.29, 1.82) is 0 Å². The van der Waals surface area contributed by atoms with E-state index in [1.807, 2.05) is 13.8 Å². The van der Waals surface area contributed by atoms with Crippen molar-refractivity contribution in [3.63, 3.8) is 0 Å². The Morgan fingerprint density at radius 3 is 2.70 bits per heavy atom. The number of pyridine rings is 1. The van der Waals surface area contributed by atoms with Crippen LogP contribution in [0.1, 0.15) is 37.2 Å². The minimum atomic E-state index is -0.856. The van der Waals surface area contributed by atoms with Crippen molar-refractivity contribution in [3.8, 4) is 0 Å². The second-order valence-electron chi connectivity index (χ2n) is 5.16. The minimum absolute atomic E-state index is 0.0431. The lowest BCUT2D eigenvalue weighted by Gasteiger charge is -2.17. The van der Waals surface area contributed by atoms with Gasteiger partial charge in [-0.2, -0.15) is 0 Å². The summed E-state index contributed by atoms with van der Waals surface area (Å²) in [4.78, 5) is 26.6. The highest BCUT2D eigenvalue weighted by Crippen LogP contribution is 2.15. The number of nitrogens with zero attached hydrogens (tertiary/aromatic N) is 1. The van der Waals surface area contributed by atoms with E-state index < -0.39 is 5.97 Å². The van der Waals surface area contributed by atoms with E-state index in [9.17, 15) is 9.59 Å². The molecule has 0 aromatic carbocycles. The fourth-order valence-electron chi connectivity index (χ4n) is 2.01. The van der Waals surface area contributed by atoms with E-state index in [4.69, 9.17) is 16.7 Å². The van der Waals surface area contributed by atoms with Gasteiger partial charge in [0.05, 0.1) is 0 Å². The van der Waals surface area contributed by atoms with E-state index in [2.05, 4.69) is 10.3 Å². The Kier molecular flexibility index (Phi) is 6.45. The number of amides is 1. The number of halogens is 1.